The number of carbonyl (C=O) groups excluding carboxylic acids is 6. The number of amides is 6. The number of phenols is 1. The van der Waals surface area contributed by atoms with E-state index in [0.717, 1.165) is 90.6 Å². The Morgan fingerprint density at radius 3 is 1.57 bits per heavy atom. The second kappa shape index (κ2) is 35.5. The minimum absolute atomic E-state index is 0.00181. The molecule has 86 heavy (non-hydrogen) atoms. The zero-order valence-corrected chi connectivity index (χ0v) is 52.4. The maximum Gasteiger partial charge on any atom is 0.249 e. The standard InChI is InChI=1S/C69H98N8O9/c1-9-59(64(53-23-29-57(30-24-53)85-39-37-76-33-14-10-11-15-34-76)54-25-31-58(32-26-54)86-40-38-77-35-16-12-13-17-36-77)55-20-18-19-52(43-55)45-71-63(80)46-70-60(41-47(2)3)66(81)73-61(42-48(4)5)68(83)75-65(49(6)7)69(84)74-62(67(82)72-50(8)78)44-51-21-27-56(79)28-22-51/h18-32,43,47-49,60-62,65,70,79H,9-17,33-42,44-46H2,1-8H3,(H,71,80)(H,73,81)(H,74,84)(H,75,83)(H,72,78,82)/t60-,61-,62-,65-/m0/s1. The van der Waals surface area contributed by atoms with Gasteiger partial charge < -0.3 is 35.8 Å². The van der Waals surface area contributed by atoms with Crippen LogP contribution in [0.25, 0.3) is 11.1 Å². The summed E-state index contributed by atoms with van der Waals surface area (Å²) in [6, 6.07) is 27.0. The van der Waals surface area contributed by atoms with Crippen LogP contribution in [0.3, 0.4) is 0 Å². The minimum atomic E-state index is -1.19. The average molecular weight is 1180 g/mol. The fraction of sp³-hybridized carbons (Fsp3) is 0.536. The lowest BCUT2D eigenvalue weighted by Gasteiger charge is -2.29. The first-order valence-corrected chi connectivity index (χ1v) is 31.6. The number of imide groups is 1. The highest BCUT2D eigenvalue weighted by molar-refractivity contribution is 6.00. The molecule has 0 unspecified atom stereocenters. The largest absolute Gasteiger partial charge is 0.508 e. The van der Waals surface area contributed by atoms with Crippen molar-refractivity contribution in [1.82, 2.24) is 41.7 Å². The van der Waals surface area contributed by atoms with Crippen molar-refractivity contribution in [2.45, 2.75) is 163 Å². The molecule has 6 rings (SSSR count). The van der Waals surface area contributed by atoms with Crippen LogP contribution in [-0.4, -0.2) is 134 Å². The van der Waals surface area contributed by atoms with Gasteiger partial charge in [-0.25, -0.2) is 0 Å². The van der Waals surface area contributed by atoms with E-state index < -0.39 is 59.6 Å². The zero-order chi connectivity index (χ0) is 62.0. The predicted molar refractivity (Wildman–Crippen MR) is 340 cm³/mol. The van der Waals surface area contributed by atoms with Gasteiger partial charge in [0.25, 0.3) is 0 Å². The van der Waals surface area contributed by atoms with Crippen molar-refractivity contribution in [3.05, 3.63) is 125 Å². The molecule has 0 aromatic heterocycles. The molecule has 17 heteroatoms. The van der Waals surface area contributed by atoms with Crippen LogP contribution in [0.4, 0.5) is 0 Å². The summed E-state index contributed by atoms with van der Waals surface area (Å²) in [5, 5.41) is 26.7. The van der Waals surface area contributed by atoms with Gasteiger partial charge in [-0.1, -0.05) is 129 Å². The van der Waals surface area contributed by atoms with Crippen LogP contribution in [0.15, 0.2) is 97.1 Å². The molecule has 2 fully saturated rings. The van der Waals surface area contributed by atoms with Gasteiger partial charge in [-0.15, -0.1) is 0 Å². The fourth-order valence-corrected chi connectivity index (χ4v) is 11.2. The third-order valence-corrected chi connectivity index (χ3v) is 15.9. The average Bonchev–Trinajstić information content (AvgIpc) is 1.46. The number of nitrogens with zero attached hydrogens (tertiary/aromatic N) is 2. The number of hydrogen-bond acceptors (Lipinski definition) is 12. The number of aromatic hydroxyl groups is 1. The lowest BCUT2D eigenvalue weighted by Crippen LogP contribution is -2.60. The summed E-state index contributed by atoms with van der Waals surface area (Å²) in [4.78, 5) is 86.0. The molecule has 0 bridgehead atoms. The number of rotatable bonds is 31. The van der Waals surface area contributed by atoms with E-state index in [-0.39, 0.29) is 49.4 Å². The summed E-state index contributed by atoms with van der Waals surface area (Å²) in [6.45, 7) is 22.3. The van der Waals surface area contributed by atoms with Crippen LogP contribution in [0.1, 0.15) is 154 Å². The third kappa shape index (κ3) is 23.0. The molecule has 2 aliphatic heterocycles. The van der Waals surface area contributed by atoms with Crippen molar-refractivity contribution in [3.63, 3.8) is 0 Å². The summed E-state index contributed by atoms with van der Waals surface area (Å²) in [5.74, 6) is -2.09. The summed E-state index contributed by atoms with van der Waals surface area (Å²) in [7, 11) is 0. The van der Waals surface area contributed by atoms with Crippen molar-refractivity contribution in [1.29, 1.82) is 0 Å². The van der Waals surface area contributed by atoms with E-state index in [4.69, 9.17) is 9.47 Å². The maximum absolute atomic E-state index is 14.2. The maximum atomic E-state index is 14.2. The molecule has 2 saturated heterocycles. The van der Waals surface area contributed by atoms with E-state index in [2.05, 4.69) is 109 Å². The lowest BCUT2D eigenvalue weighted by atomic mass is 9.87. The smallest absolute Gasteiger partial charge is 0.249 e. The second-order valence-electron chi connectivity index (χ2n) is 24.4. The van der Waals surface area contributed by atoms with Crippen LogP contribution in [0.5, 0.6) is 17.2 Å². The Kier molecular flexibility index (Phi) is 28.1. The summed E-state index contributed by atoms with van der Waals surface area (Å²) in [6.07, 6.45) is 11.5. The van der Waals surface area contributed by atoms with E-state index in [1.54, 1.807) is 26.0 Å². The van der Waals surface area contributed by atoms with Crippen LogP contribution < -0.4 is 41.4 Å². The van der Waals surface area contributed by atoms with Gasteiger partial charge in [0.15, 0.2) is 0 Å². The lowest BCUT2D eigenvalue weighted by molar-refractivity contribution is -0.136. The highest BCUT2D eigenvalue weighted by Crippen LogP contribution is 2.36. The molecule has 6 amide bonds. The molecule has 4 atom stereocenters. The molecule has 468 valence electrons. The molecular weight excluding hydrogens is 1080 g/mol. The van der Waals surface area contributed by atoms with Crippen LogP contribution in [-0.2, 0) is 41.7 Å². The van der Waals surface area contributed by atoms with Gasteiger partial charge in [-0.05, 0) is 170 Å². The Balaban J connectivity index is 1.12. The molecular formula is C69H98N8O9. The number of phenolic OH excluding ortho intramolecular Hbond substituents is 1. The molecule has 2 aliphatic rings. The molecule has 0 aliphatic carbocycles. The van der Waals surface area contributed by atoms with Crippen molar-refractivity contribution >= 4 is 46.6 Å². The summed E-state index contributed by atoms with van der Waals surface area (Å²) >= 11 is 0. The van der Waals surface area contributed by atoms with E-state index in [9.17, 15) is 33.9 Å². The zero-order valence-electron chi connectivity index (χ0n) is 52.4. The van der Waals surface area contributed by atoms with E-state index in [0.29, 0.717) is 25.2 Å². The highest BCUT2D eigenvalue weighted by atomic mass is 16.5. The Labute approximate surface area is 511 Å². The Hall–Kier alpha value is -7.08. The first-order chi connectivity index (χ1) is 41.3. The SMILES string of the molecule is CCC(=C(c1ccc(OCCN2CCCCCC2)cc1)c1ccc(OCCN2CCCCCC2)cc1)c1cccc(CNC(=O)CN[C@@H](CC(C)C)C(=O)N[C@@H](CC(C)C)C(=O)N[C@H](C(=O)N[C@@H](Cc2ccc(O)cc2)C(=O)NC(C)=O)C(C)C)c1. The van der Waals surface area contributed by atoms with Gasteiger partial charge >= 0.3 is 0 Å². The molecule has 4 aromatic rings. The number of benzene rings is 4. The number of hydrogen-bond donors (Lipinski definition) is 7. The van der Waals surface area contributed by atoms with Crippen LogP contribution >= 0.6 is 0 Å². The molecule has 0 spiro atoms. The Morgan fingerprint density at radius 2 is 1.07 bits per heavy atom. The quantitative estimate of drug-likeness (QED) is 0.0235. The van der Waals surface area contributed by atoms with Crippen molar-refractivity contribution in [3.8, 4) is 17.2 Å². The fourth-order valence-electron chi connectivity index (χ4n) is 11.2. The molecule has 2 heterocycles. The van der Waals surface area contributed by atoms with Gasteiger partial charge in [-0.3, -0.25) is 49.2 Å². The van der Waals surface area contributed by atoms with E-state index in [1.165, 1.54) is 70.4 Å². The van der Waals surface area contributed by atoms with E-state index >= 15 is 0 Å². The number of likely N-dealkylation sites (tertiary alicyclic amines) is 2. The molecule has 0 saturated carbocycles. The Morgan fingerprint density at radius 1 is 0.558 bits per heavy atom. The van der Waals surface area contributed by atoms with Crippen molar-refractivity contribution in [2.24, 2.45) is 17.8 Å². The highest BCUT2D eigenvalue weighted by Gasteiger charge is 2.33. The number of allylic oxidation sites excluding steroid dienone is 1. The number of nitrogens with one attached hydrogen (secondary N) is 6. The van der Waals surface area contributed by atoms with Gasteiger partial charge in [0.05, 0.1) is 12.6 Å². The Bertz CT molecular complexity index is 2730. The molecule has 4 aromatic carbocycles. The van der Waals surface area contributed by atoms with Gasteiger partial charge in [-0.2, -0.15) is 0 Å². The topological polar surface area (TPSA) is 220 Å². The van der Waals surface area contributed by atoms with Crippen molar-refractivity contribution in [2.75, 3.05) is 59.0 Å². The third-order valence-electron chi connectivity index (χ3n) is 15.9. The van der Waals surface area contributed by atoms with E-state index in [1.807, 2.05) is 39.8 Å². The summed E-state index contributed by atoms with van der Waals surface area (Å²) in [5.41, 5.74) is 6.92. The van der Waals surface area contributed by atoms with Crippen molar-refractivity contribution < 1.29 is 43.3 Å². The number of ether oxygens (including phenoxy) is 2. The minimum Gasteiger partial charge on any atom is -0.508 e. The predicted octanol–water partition coefficient (Wildman–Crippen LogP) is 8.95. The second-order valence-corrected chi connectivity index (χ2v) is 24.4. The van der Waals surface area contributed by atoms with Gasteiger partial charge in [0, 0.05) is 33.0 Å². The molecule has 7 N–H and O–H groups in total. The number of carbonyl (C=O) groups is 6. The monoisotopic (exact) mass is 1180 g/mol. The van der Waals surface area contributed by atoms with Crippen LogP contribution in [0.2, 0.25) is 0 Å². The molecule has 0 radical (unpaired) electrons. The first-order valence-electron chi connectivity index (χ1n) is 31.6. The van der Waals surface area contributed by atoms with Gasteiger partial charge in [0.1, 0.15) is 48.6 Å². The van der Waals surface area contributed by atoms with Crippen LogP contribution in [0, 0.1) is 17.8 Å². The first kappa shape index (κ1) is 68.0. The summed E-state index contributed by atoms with van der Waals surface area (Å²) < 4.78 is 12.6. The normalized spacial score (nSPS) is 15.5. The van der Waals surface area contributed by atoms with Gasteiger partial charge in [0.2, 0.25) is 35.4 Å². The molecule has 17 nitrogen and oxygen atoms in total.